The minimum Gasteiger partial charge on any atom is -0.383 e. The van der Waals surface area contributed by atoms with E-state index in [1.165, 1.54) is 0 Å². The van der Waals surface area contributed by atoms with Gasteiger partial charge in [-0.05, 0) is 38.5 Å². The van der Waals surface area contributed by atoms with Crippen molar-refractivity contribution in [1.82, 2.24) is 14.9 Å². The highest BCUT2D eigenvalue weighted by Crippen LogP contribution is 2.21. The maximum absolute atomic E-state index is 12.8. The Morgan fingerprint density at radius 1 is 1.26 bits per heavy atom. The third kappa shape index (κ3) is 4.54. The largest absolute Gasteiger partial charge is 0.383 e. The minimum absolute atomic E-state index is 0.00813. The number of anilines is 1. The van der Waals surface area contributed by atoms with Crippen molar-refractivity contribution in [3.05, 3.63) is 29.6 Å². The number of sulfone groups is 1. The number of nitrogens with one attached hydrogen (secondary N) is 1. The number of benzene rings is 1. The summed E-state index contributed by atoms with van der Waals surface area (Å²) < 4.78 is 28.7. The van der Waals surface area contributed by atoms with Gasteiger partial charge in [0, 0.05) is 25.4 Å². The van der Waals surface area contributed by atoms with Gasteiger partial charge < -0.3 is 15.0 Å². The Bertz CT molecular complexity index is 961. The average molecular weight is 392 g/mol. The van der Waals surface area contributed by atoms with Gasteiger partial charge in [0.05, 0.1) is 40.5 Å². The van der Waals surface area contributed by atoms with E-state index in [1.807, 2.05) is 19.9 Å². The molecule has 0 saturated carbocycles. The lowest BCUT2D eigenvalue weighted by Crippen LogP contribution is -2.45. The lowest BCUT2D eigenvalue weighted by Gasteiger charge is -2.28. The minimum atomic E-state index is -3.09. The maximum atomic E-state index is 12.8. The molecular weight excluding hydrogens is 368 g/mol. The summed E-state index contributed by atoms with van der Waals surface area (Å²) in [5, 5.41) is 2.85. The third-order valence-corrected chi connectivity index (χ3v) is 6.52. The number of carbonyl (C=O) groups is 1. The fourth-order valence-electron chi connectivity index (χ4n) is 3.16. The van der Waals surface area contributed by atoms with Crippen LogP contribution in [0.3, 0.4) is 0 Å². The molecule has 0 aliphatic carbocycles. The van der Waals surface area contributed by atoms with Crippen molar-refractivity contribution in [2.45, 2.75) is 26.3 Å². The van der Waals surface area contributed by atoms with Crippen LogP contribution in [0.1, 0.15) is 17.8 Å². The first-order valence-electron chi connectivity index (χ1n) is 8.81. The molecule has 1 atom stereocenters. The second-order valence-electron chi connectivity index (χ2n) is 6.77. The number of aromatic nitrogens is 2. The molecule has 1 saturated heterocycles. The topological polar surface area (TPSA) is 101 Å². The summed E-state index contributed by atoms with van der Waals surface area (Å²) in [6.07, 6.45) is 0.446. The van der Waals surface area contributed by atoms with Crippen LogP contribution in [0, 0.1) is 13.8 Å². The lowest BCUT2D eigenvalue weighted by atomic mass is 10.2. The van der Waals surface area contributed by atoms with Crippen molar-refractivity contribution in [1.29, 1.82) is 0 Å². The molecule has 146 valence electrons. The zero-order valence-electron chi connectivity index (χ0n) is 15.7. The summed E-state index contributed by atoms with van der Waals surface area (Å²) in [5.74, 6) is 0.102. The molecule has 2 amide bonds. The van der Waals surface area contributed by atoms with E-state index in [-0.39, 0.29) is 23.6 Å². The van der Waals surface area contributed by atoms with Gasteiger partial charge in [-0.1, -0.05) is 0 Å². The smallest absolute Gasteiger partial charge is 0.322 e. The summed E-state index contributed by atoms with van der Waals surface area (Å²) in [6, 6.07) is 4.67. The number of urea groups is 1. The molecule has 9 heteroatoms. The second kappa shape index (κ2) is 7.77. The molecule has 1 unspecified atom stereocenters. The zero-order valence-corrected chi connectivity index (χ0v) is 16.5. The Hall–Kier alpha value is -2.26. The van der Waals surface area contributed by atoms with E-state index in [4.69, 9.17) is 4.74 Å². The van der Waals surface area contributed by atoms with E-state index in [1.54, 1.807) is 24.1 Å². The highest BCUT2D eigenvalue weighted by atomic mass is 32.2. The van der Waals surface area contributed by atoms with Crippen molar-refractivity contribution >= 4 is 32.6 Å². The number of rotatable bonds is 5. The fraction of sp³-hybridized carbons (Fsp3) is 0.500. The van der Waals surface area contributed by atoms with Gasteiger partial charge in [-0.25, -0.2) is 23.2 Å². The van der Waals surface area contributed by atoms with Crippen LogP contribution in [0.15, 0.2) is 18.2 Å². The predicted molar refractivity (Wildman–Crippen MR) is 104 cm³/mol. The van der Waals surface area contributed by atoms with Gasteiger partial charge in [0.2, 0.25) is 0 Å². The first-order valence-corrected chi connectivity index (χ1v) is 10.6. The van der Waals surface area contributed by atoms with Gasteiger partial charge >= 0.3 is 6.03 Å². The quantitative estimate of drug-likeness (QED) is 0.834. The Kier molecular flexibility index (Phi) is 5.61. The summed E-state index contributed by atoms with van der Waals surface area (Å²) in [5.41, 5.74) is 3.75. The van der Waals surface area contributed by atoms with Crippen LogP contribution in [0.2, 0.25) is 0 Å². The van der Waals surface area contributed by atoms with Gasteiger partial charge in [0.1, 0.15) is 0 Å². The lowest BCUT2D eigenvalue weighted by molar-refractivity contribution is 0.140. The van der Waals surface area contributed by atoms with E-state index in [9.17, 15) is 13.2 Å². The van der Waals surface area contributed by atoms with Crippen molar-refractivity contribution < 1.29 is 17.9 Å². The molecule has 1 aromatic heterocycles. The Balaban J connectivity index is 1.80. The fourth-order valence-corrected chi connectivity index (χ4v) is 4.90. The molecular formula is C18H24N4O4S. The number of fused-ring (bicyclic) bond motifs is 1. The van der Waals surface area contributed by atoms with Crippen molar-refractivity contribution in [3.63, 3.8) is 0 Å². The van der Waals surface area contributed by atoms with E-state index in [0.717, 1.165) is 16.9 Å². The van der Waals surface area contributed by atoms with Crippen LogP contribution < -0.4 is 5.32 Å². The highest BCUT2D eigenvalue weighted by Gasteiger charge is 2.34. The molecule has 1 N–H and O–H groups in total. The van der Waals surface area contributed by atoms with Crippen molar-refractivity contribution in [2.24, 2.45) is 0 Å². The third-order valence-electron chi connectivity index (χ3n) is 4.77. The predicted octanol–water partition coefficient (Wildman–Crippen LogP) is 1.91. The Labute approximate surface area is 158 Å². The summed E-state index contributed by atoms with van der Waals surface area (Å²) >= 11 is 0. The standard InChI is InChI=1S/C18H24N4O4S/c1-12-13(2)20-17-10-14(4-5-16(17)19-12)21-18(23)22(7-8-26-3)15-6-9-27(24,25)11-15/h4-5,10,15H,6-9,11H2,1-3H3,(H,21,23). The van der Waals surface area contributed by atoms with Crippen molar-refractivity contribution in [3.8, 4) is 0 Å². The molecule has 2 heterocycles. The highest BCUT2D eigenvalue weighted by molar-refractivity contribution is 7.91. The normalized spacial score (nSPS) is 18.6. The second-order valence-corrected chi connectivity index (χ2v) is 9.00. The molecule has 0 radical (unpaired) electrons. The molecule has 27 heavy (non-hydrogen) atoms. The summed E-state index contributed by atoms with van der Waals surface area (Å²) in [7, 11) is -1.54. The number of aryl methyl sites for hydroxylation is 2. The Morgan fingerprint density at radius 2 is 1.96 bits per heavy atom. The van der Waals surface area contributed by atoms with E-state index in [2.05, 4.69) is 15.3 Å². The van der Waals surface area contributed by atoms with Gasteiger partial charge in [-0.2, -0.15) is 0 Å². The zero-order chi connectivity index (χ0) is 19.6. The Morgan fingerprint density at radius 3 is 2.59 bits per heavy atom. The van der Waals surface area contributed by atoms with Gasteiger partial charge in [0.25, 0.3) is 0 Å². The number of hydrogen-bond acceptors (Lipinski definition) is 6. The summed E-state index contributed by atoms with van der Waals surface area (Å²) in [6.45, 7) is 4.46. The molecule has 1 aromatic carbocycles. The molecule has 0 bridgehead atoms. The van der Waals surface area contributed by atoms with Crippen LogP contribution in [0.25, 0.3) is 11.0 Å². The number of methoxy groups -OCH3 is 1. The molecule has 0 spiro atoms. The summed E-state index contributed by atoms with van der Waals surface area (Å²) in [4.78, 5) is 23.3. The van der Waals surface area contributed by atoms with E-state index < -0.39 is 9.84 Å². The van der Waals surface area contributed by atoms with Crippen LogP contribution in [-0.2, 0) is 14.6 Å². The number of hydrogen-bond donors (Lipinski definition) is 1. The molecule has 1 aliphatic heterocycles. The molecule has 3 rings (SSSR count). The SMILES string of the molecule is COCCN(C(=O)Nc1ccc2nc(C)c(C)nc2c1)C1CCS(=O)(=O)C1. The maximum Gasteiger partial charge on any atom is 0.322 e. The number of ether oxygens (including phenoxy) is 1. The van der Waals surface area contributed by atoms with E-state index >= 15 is 0 Å². The van der Waals surface area contributed by atoms with Crippen LogP contribution in [0.4, 0.5) is 10.5 Å². The first-order chi connectivity index (χ1) is 12.8. The van der Waals surface area contributed by atoms with E-state index in [0.29, 0.717) is 30.8 Å². The van der Waals surface area contributed by atoms with Crippen LogP contribution in [-0.4, -0.2) is 67.1 Å². The van der Waals surface area contributed by atoms with Gasteiger partial charge in [-0.15, -0.1) is 0 Å². The van der Waals surface area contributed by atoms with Gasteiger partial charge in [-0.3, -0.25) is 0 Å². The molecule has 2 aromatic rings. The van der Waals surface area contributed by atoms with Crippen LogP contribution >= 0.6 is 0 Å². The average Bonchev–Trinajstić information content (AvgIpc) is 2.96. The first kappa shape index (κ1) is 19.5. The van der Waals surface area contributed by atoms with Crippen LogP contribution in [0.5, 0.6) is 0 Å². The van der Waals surface area contributed by atoms with Gasteiger partial charge in [0.15, 0.2) is 9.84 Å². The molecule has 1 aliphatic rings. The number of amides is 2. The number of nitrogens with zero attached hydrogens (tertiary/aromatic N) is 3. The number of carbonyl (C=O) groups excluding carboxylic acids is 1. The molecule has 8 nitrogen and oxygen atoms in total. The molecule has 1 fully saturated rings. The van der Waals surface area contributed by atoms with Crippen molar-refractivity contribution in [2.75, 3.05) is 37.1 Å². The monoisotopic (exact) mass is 392 g/mol.